The highest BCUT2D eigenvalue weighted by atomic mass is 16.7. The molecule has 10 nitrogen and oxygen atoms in total. The lowest BCUT2D eigenvalue weighted by molar-refractivity contribution is -0.806. The second-order valence-corrected chi connectivity index (χ2v) is 3.19. The van der Waals surface area contributed by atoms with Crippen LogP contribution in [0, 0.1) is 30.3 Å². The van der Waals surface area contributed by atoms with Crippen molar-refractivity contribution in [3.05, 3.63) is 30.3 Å². The summed E-state index contributed by atoms with van der Waals surface area (Å²) in [5.74, 6) is 0. The van der Waals surface area contributed by atoms with Crippen molar-refractivity contribution in [3.8, 4) is 0 Å². The molecule has 0 atom stereocenters. The Labute approximate surface area is 82.9 Å². The van der Waals surface area contributed by atoms with Gasteiger partial charge < -0.3 is 0 Å². The number of hydrogen-bond acceptors (Lipinski definition) is 6. The third kappa shape index (κ3) is 1.78. The van der Waals surface area contributed by atoms with E-state index in [0.29, 0.717) is 0 Å². The molecule has 0 saturated carbocycles. The highest BCUT2D eigenvalue weighted by Gasteiger charge is 2.59. The molecular weight excluding hydrogens is 212 g/mol. The smallest absolute Gasteiger partial charge is 0.258 e. The zero-order valence-electron chi connectivity index (χ0n) is 7.57. The van der Waals surface area contributed by atoms with E-state index in [2.05, 4.69) is 0 Å². The summed E-state index contributed by atoms with van der Waals surface area (Å²) in [5.41, 5.74) is -2.26. The summed E-state index contributed by atoms with van der Waals surface area (Å²) in [6.45, 7) is -0.566. The van der Waals surface area contributed by atoms with Gasteiger partial charge in [-0.15, -0.1) is 5.01 Å². The van der Waals surface area contributed by atoms with Gasteiger partial charge in [-0.05, 0) is 0 Å². The minimum atomic E-state index is -2.26. The molecule has 0 unspecified atom stereocenters. The van der Waals surface area contributed by atoms with E-state index in [-0.39, 0.29) is 13.1 Å². The second kappa shape index (κ2) is 3.63. The molecule has 0 radical (unpaired) electrons. The van der Waals surface area contributed by atoms with Crippen molar-refractivity contribution >= 4 is 0 Å². The van der Waals surface area contributed by atoms with Gasteiger partial charge in [0.2, 0.25) is 0 Å². The molecule has 1 heterocycles. The fourth-order valence-electron chi connectivity index (χ4n) is 1.45. The molecule has 84 valence electrons. The quantitative estimate of drug-likeness (QED) is 0.356. The van der Waals surface area contributed by atoms with Crippen molar-refractivity contribution in [2.75, 3.05) is 13.1 Å². The molecule has 15 heavy (non-hydrogen) atoms. The Morgan fingerprint density at radius 3 is 1.60 bits per heavy atom. The molecule has 10 heteroatoms. The number of piperidine rings is 1. The van der Waals surface area contributed by atoms with E-state index < -0.39 is 33.4 Å². The Morgan fingerprint density at radius 1 is 0.933 bits per heavy atom. The Hall–Kier alpha value is -2.00. The van der Waals surface area contributed by atoms with Gasteiger partial charge in [0.25, 0.3) is 0 Å². The summed E-state index contributed by atoms with van der Waals surface area (Å²) < 4.78 is 0. The molecule has 1 rings (SSSR count). The number of hydrazine groups is 1. The van der Waals surface area contributed by atoms with Gasteiger partial charge in [-0.2, -0.15) is 0 Å². The third-order valence-corrected chi connectivity index (χ3v) is 2.45. The minimum absolute atomic E-state index is 0.283. The van der Waals surface area contributed by atoms with Crippen LogP contribution in [0.3, 0.4) is 0 Å². The monoisotopic (exact) mass is 220 g/mol. The molecule has 0 N–H and O–H groups in total. The topological polar surface area (TPSA) is 133 Å². The molecule has 1 aliphatic rings. The lowest BCUT2D eigenvalue weighted by atomic mass is 9.99. The van der Waals surface area contributed by atoms with E-state index in [1.807, 2.05) is 0 Å². The van der Waals surface area contributed by atoms with Crippen LogP contribution in [0.4, 0.5) is 0 Å². The highest BCUT2D eigenvalue weighted by Crippen LogP contribution is 2.25. The van der Waals surface area contributed by atoms with Gasteiger partial charge in [-0.3, -0.25) is 20.2 Å². The van der Waals surface area contributed by atoms with Crippen LogP contribution in [0.1, 0.15) is 12.8 Å². The van der Waals surface area contributed by atoms with Crippen molar-refractivity contribution in [1.82, 2.24) is 5.01 Å². The maximum absolute atomic E-state index is 10.6. The van der Waals surface area contributed by atoms with Crippen LogP contribution < -0.4 is 0 Å². The zero-order chi connectivity index (χ0) is 11.6. The van der Waals surface area contributed by atoms with Gasteiger partial charge in [0, 0.05) is 0 Å². The van der Waals surface area contributed by atoms with Gasteiger partial charge in [-0.25, -0.2) is 10.1 Å². The first-order chi connectivity index (χ1) is 6.90. The lowest BCUT2D eigenvalue weighted by Gasteiger charge is -2.24. The maximum atomic E-state index is 10.6. The number of nitrogens with zero attached hydrogens (tertiary/aromatic N) is 4. The van der Waals surface area contributed by atoms with Crippen LogP contribution in [0.5, 0.6) is 0 Å². The summed E-state index contributed by atoms with van der Waals surface area (Å²) in [5, 5.41) is 31.5. The predicted octanol–water partition coefficient (Wildman–Crippen LogP) is -0.476. The van der Waals surface area contributed by atoms with E-state index in [4.69, 9.17) is 0 Å². The number of rotatable bonds is 3. The summed E-state index contributed by atoms with van der Waals surface area (Å²) in [4.78, 5) is 29.5. The van der Waals surface area contributed by atoms with Crippen LogP contribution >= 0.6 is 0 Å². The molecular formula is C5H8N4O6. The summed E-state index contributed by atoms with van der Waals surface area (Å²) in [6.07, 6.45) is -0.901. The fraction of sp³-hybridized carbons (Fsp3) is 1.00. The number of nitro groups is 3. The van der Waals surface area contributed by atoms with Crippen molar-refractivity contribution in [1.29, 1.82) is 0 Å². The molecule has 0 amide bonds. The number of hydrogen-bond donors (Lipinski definition) is 0. The molecule has 1 saturated heterocycles. The Balaban J connectivity index is 2.79. The summed E-state index contributed by atoms with van der Waals surface area (Å²) in [6, 6.07) is 0. The SMILES string of the molecule is O=[N+]([O-])N1CCC([N+](=O)[O-])([N+](=O)[O-])CC1. The summed E-state index contributed by atoms with van der Waals surface area (Å²) in [7, 11) is 0. The average molecular weight is 220 g/mol. The maximum Gasteiger partial charge on any atom is 0.462 e. The van der Waals surface area contributed by atoms with Crippen LogP contribution in [0.25, 0.3) is 0 Å². The zero-order valence-corrected chi connectivity index (χ0v) is 7.57. The van der Waals surface area contributed by atoms with E-state index >= 15 is 0 Å². The standard InChI is InChI=1S/C5H8N4O6/c10-7(11)5(8(12)13)1-3-6(4-2-5)9(14)15/h1-4H2. The van der Waals surface area contributed by atoms with E-state index in [1.54, 1.807) is 0 Å². The molecule has 0 aromatic heterocycles. The highest BCUT2D eigenvalue weighted by molar-refractivity contribution is 4.74. The van der Waals surface area contributed by atoms with Crippen molar-refractivity contribution in [2.45, 2.75) is 18.5 Å². The second-order valence-electron chi connectivity index (χ2n) is 3.19. The van der Waals surface area contributed by atoms with Gasteiger partial charge >= 0.3 is 5.66 Å². The van der Waals surface area contributed by atoms with E-state index in [1.165, 1.54) is 0 Å². The van der Waals surface area contributed by atoms with Crippen LogP contribution in [-0.4, -0.2) is 38.6 Å². The van der Waals surface area contributed by atoms with Crippen LogP contribution in [-0.2, 0) is 0 Å². The van der Waals surface area contributed by atoms with Gasteiger partial charge in [0.05, 0.1) is 22.9 Å². The average Bonchev–Trinajstić information content (AvgIpc) is 2.17. The lowest BCUT2D eigenvalue weighted by Crippen LogP contribution is -2.55. The largest absolute Gasteiger partial charge is 0.462 e. The fourth-order valence-corrected chi connectivity index (χ4v) is 1.45. The van der Waals surface area contributed by atoms with Crippen molar-refractivity contribution in [3.63, 3.8) is 0 Å². The van der Waals surface area contributed by atoms with Crippen molar-refractivity contribution < 1.29 is 14.9 Å². The molecule has 0 aliphatic carbocycles. The van der Waals surface area contributed by atoms with E-state index in [9.17, 15) is 30.3 Å². The normalized spacial score (nSPS) is 19.6. The Morgan fingerprint density at radius 2 is 1.33 bits per heavy atom. The minimum Gasteiger partial charge on any atom is -0.258 e. The first-order valence-electron chi connectivity index (χ1n) is 4.08. The molecule has 0 spiro atoms. The van der Waals surface area contributed by atoms with Gasteiger partial charge in [0.1, 0.15) is 12.8 Å². The Bertz CT molecular complexity index is 293. The molecule has 1 fully saturated rings. The van der Waals surface area contributed by atoms with Crippen LogP contribution in [0.2, 0.25) is 0 Å². The van der Waals surface area contributed by atoms with Gasteiger partial charge in [-0.1, -0.05) is 0 Å². The third-order valence-electron chi connectivity index (χ3n) is 2.45. The first-order valence-corrected chi connectivity index (χ1v) is 4.08. The first kappa shape index (κ1) is 11.1. The Kier molecular flexibility index (Phi) is 2.68. The predicted molar refractivity (Wildman–Crippen MR) is 44.5 cm³/mol. The molecule has 0 aromatic rings. The summed E-state index contributed by atoms with van der Waals surface area (Å²) >= 11 is 0. The van der Waals surface area contributed by atoms with Crippen molar-refractivity contribution in [2.24, 2.45) is 0 Å². The van der Waals surface area contributed by atoms with E-state index in [0.717, 1.165) is 5.01 Å². The molecule has 0 aromatic carbocycles. The van der Waals surface area contributed by atoms with Gasteiger partial charge in [0.15, 0.2) is 5.03 Å². The molecule has 0 bridgehead atoms. The van der Waals surface area contributed by atoms with Crippen LogP contribution in [0.15, 0.2) is 0 Å². The molecule has 1 aliphatic heterocycles.